The van der Waals surface area contributed by atoms with Gasteiger partial charge in [-0.3, -0.25) is 4.90 Å². The Morgan fingerprint density at radius 1 is 1.05 bits per heavy atom. The Labute approximate surface area is 113 Å². The third-order valence-corrected chi connectivity index (χ3v) is 4.19. The van der Waals surface area contributed by atoms with E-state index in [-0.39, 0.29) is 5.82 Å². The van der Waals surface area contributed by atoms with Crippen molar-refractivity contribution in [1.29, 1.82) is 0 Å². The summed E-state index contributed by atoms with van der Waals surface area (Å²) < 4.78 is 15.4. The fourth-order valence-corrected chi connectivity index (χ4v) is 3.04. The lowest BCUT2D eigenvalue weighted by Gasteiger charge is -2.20. The third kappa shape index (κ3) is 2.66. The van der Waals surface area contributed by atoms with Gasteiger partial charge in [0.2, 0.25) is 0 Å². The van der Waals surface area contributed by atoms with Gasteiger partial charge in [0, 0.05) is 24.7 Å². The molecule has 1 aliphatic heterocycles. The number of nitrogens with zero attached hydrogens (tertiary/aromatic N) is 2. The predicted octanol–water partition coefficient (Wildman–Crippen LogP) is 3.69. The first kappa shape index (κ1) is 12.7. The standard InChI is InChI=1S/C16H21FN2/c1-18-15(12-19-8-4-2-3-5-9-19)10-13-6-7-14(17)11-16(13)18/h6-7,10-11H,2-5,8-9,12H2,1H3. The Hall–Kier alpha value is -1.35. The van der Waals surface area contributed by atoms with E-state index in [4.69, 9.17) is 0 Å². The molecule has 3 rings (SSSR count). The van der Waals surface area contributed by atoms with Gasteiger partial charge in [0.1, 0.15) is 5.82 Å². The second-order valence-electron chi connectivity index (χ2n) is 5.59. The minimum Gasteiger partial charge on any atom is -0.346 e. The van der Waals surface area contributed by atoms with E-state index in [1.54, 1.807) is 6.07 Å². The molecule has 0 amide bonds. The van der Waals surface area contributed by atoms with Gasteiger partial charge < -0.3 is 4.57 Å². The molecule has 2 nitrogen and oxygen atoms in total. The zero-order valence-electron chi connectivity index (χ0n) is 11.5. The van der Waals surface area contributed by atoms with Gasteiger partial charge in [0.15, 0.2) is 0 Å². The van der Waals surface area contributed by atoms with Crippen LogP contribution in [0.1, 0.15) is 31.4 Å². The summed E-state index contributed by atoms with van der Waals surface area (Å²) in [5.41, 5.74) is 2.27. The van der Waals surface area contributed by atoms with Crippen LogP contribution in [-0.4, -0.2) is 22.6 Å². The number of halogens is 1. The van der Waals surface area contributed by atoms with Crippen LogP contribution < -0.4 is 0 Å². The number of benzene rings is 1. The highest BCUT2D eigenvalue weighted by molar-refractivity contribution is 5.81. The highest BCUT2D eigenvalue weighted by Crippen LogP contribution is 2.22. The Bertz CT molecular complexity index is 565. The van der Waals surface area contributed by atoms with Crippen LogP contribution in [0.25, 0.3) is 10.9 Å². The maximum atomic E-state index is 13.3. The number of hydrogen-bond donors (Lipinski definition) is 0. The molecule has 0 bridgehead atoms. The summed E-state index contributed by atoms with van der Waals surface area (Å²) in [6.07, 6.45) is 5.32. The molecule has 0 saturated carbocycles. The second-order valence-corrected chi connectivity index (χ2v) is 5.59. The largest absolute Gasteiger partial charge is 0.346 e. The van der Waals surface area contributed by atoms with Gasteiger partial charge in [-0.15, -0.1) is 0 Å². The summed E-state index contributed by atoms with van der Waals surface area (Å²) in [5.74, 6) is -0.157. The Kier molecular flexibility index (Phi) is 3.56. The summed E-state index contributed by atoms with van der Waals surface area (Å²) in [4.78, 5) is 2.53. The molecule has 1 aliphatic rings. The third-order valence-electron chi connectivity index (χ3n) is 4.19. The molecule has 0 unspecified atom stereocenters. The molecule has 0 N–H and O–H groups in total. The lowest BCUT2D eigenvalue weighted by molar-refractivity contribution is 0.271. The van der Waals surface area contributed by atoms with Crippen molar-refractivity contribution in [3.8, 4) is 0 Å². The molecule has 1 fully saturated rings. The fourth-order valence-electron chi connectivity index (χ4n) is 3.04. The summed E-state index contributed by atoms with van der Waals surface area (Å²) in [6.45, 7) is 3.36. The molecule has 0 spiro atoms. The molecule has 3 heteroatoms. The monoisotopic (exact) mass is 260 g/mol. The van der Waals surface area contributed by atoms with E-state index in [1.165, 1.54) is 50.5 Å². The van der Waals surface area contributed by atoms with Crippen LogP contribution in [0, 0.1) is 5.82 Å². The van der Waals surface area contributed by atoms with E-state index in [2.05, 4.69) is 15.5 Å². The lowest BCUT2D eigenvalue weighted by Crippen LogP contribution is -2.25. The van der Waals surface area contributed by atoms with E-state index in [1.807, 2.05) is 13.1 Å². The summed E-state index contributed by atoms with van der Waals surface area (Å²) in [6, 6.07) is 7.23. The van der Waals surface area contributed by atoms with Gasteiger partial charge in [-0.05, 0) is 50.2 Å². The first-order valence-electron chi connectivity index (χ1n) is 7.20. The van der Waals surface area contributed by atoms with Crippen molar-refractivity contribution in [2.45, 2.75) is 32.2 Å². The zero-order chi connectivity index (χ0) is 13.2. The van der Waals surface area contributed by atoms with Gasteiger partial charge in [0.25, 0.3) is 0 Å². The highest BCUT2D eigenvalue weighted by Gasteiger charge is 2.13. The average Bonchev–Trinajstić information content (AvgIpc) is 2.59. The first-order valence-corrected chi connectivity index (χ1v) is 7.20. The van der Waals surface area contributed by atoms with E-state index >= 15 is 0 Å². The van der Waals surface area contributed by atoms with E-state index in [9.17, 15) is 4.39 Å². The Morgan fingerprint density at radius 2 is 1.79 bits per heavy atom. The van der Waals surface area contributed by atoms with Crippen LogP contribution in [0.2, 0.25) is 0 Å². The number of aryl methyl sites for hydroxylation is 1. The minimum absolute atomic E-state index is 0.157. The molecular weight excluding hydrogens is 239 g/mol. The van der Waals surface area contributed by atoms with Crippen molar-refractivity contribution in [2.75, 3.05) is 13.1 Å². The number of hydrogen-bond acceptors (Lipinski definition) is 1. The van der Waals surface area contributed by atoms with Crippen LogP contribution in [0.3, 0.4) is 0 Å². The number of rotatable bonds is 2. The molecule has 1 aromatic carbocycles. The average molecular weight is 260 g/mol. The molecule has 2 heterocycles. The number of aromatic nitrogens is 1. The minimum atomic E-state index is -0.157. The van der Waals surface area contributed by atoms with Crippen molar-refractivity contribution in [2.24, 2.45) is 7.05 Å². The summed E-state index contributed by atoms with van der Waals surface area (Å²) >= 11 is 0. The van der Waals surface area contributed by atoms with Crippen LogP contribution in [0.15, 0.2) is 24.3 Å². The van der Waals surface area contributed by atoms with Crippen molar-refractivity contribution < 1.29 is 4.39 Å². The lowest BCUT2D eigenvalue weighted by atomic mass is 10.2. The smallest absolute Gasteiger partial charge is 0.125 e. The van der Waals surface area contributed by atoms with Crippen molar-refractivity contribution in [3.05, 3.63) is 35.8 Å². The van der Waals surface area contributed by atoms with E-state index in [0.29, 0.717) is 0 Å². The second kappa shape index (κ2) is 5.33. The predicted molar refractivity (Wildman–Crippen MR) is 76.6 cm³/mol. The quantitative estimate of drug-likeness (QED) is 0.799. The van der Waals surface area contributed by atoms with Gasteiger partial charge in [-0.25, -0.2) is 4.39 Å². The number of fused-ring (bicyclic) bond motifs is 1. The highest BCUT2D eigenvalue weighted by atomic mass is 19.1. The van der Waals surface area contributed by atoms with E-state index in [0.717, 1.165) is 17.4 Å². The fraction of sp³-hybridized carbons (Fsp3) is 0.500. The maximum Gasteiger partial charge on any atom is 0.125 e. The van der Waals surface area contributed by atoms with Gasteiger partial charge in [-0.1, -0.05) is 12.8 Å². The maximum absolute atomic E-state index is 13.3. The Balaban J connectivity index is 1.86. The van der Waals surface area contributed by atoms with E-state index < -0.39 is 0 Å². The van der Waals surface area contributed by atoms with Gasteiger partial charge >= 0.3 is 0 Å². The molecule has 2 aromatic rings. The normalized spacial score (nSPS) is 17.8. The van der Waals surface area contributed by atoms with Crippen molar-refractivity contribution in [3.63, 3.8) is 0 Å². The SMILES string of the molecule is Cn1c(CN2CCCCCC2)cc2ccc(F)cc21. The topological polar surface area (TPSA) is 8.17 Å². The van der Waals surface area contributed by atoms with Crippen molar-refractivity contribution in [1.82, 2.24) is 9.47 Å². The van der Waals surface area contributed by atoms with Crippen LogP contribution in [0.5, 0.6) is 0 Å². The van der Waals surface area contributed by atoms with Crippen LogP contribution in [0.4, 0.5) is 4.39 Å². The number of likely N-dealkylation sites (tertiary alicyclic amines) is 1. The first-order chi connectivity index (χ1) is 9.24. The molecule has 1 saturated heterocycles. The molecule has 1 aromatic heterocycles. The molecule has 19 heavy (non-hydrogen) atoms. The molecular formula is C16H21FN2. The van der Waals surface area contributed by atoms with Crippen LogP contribution >= 0.6 is 0 Å². The van der Waals surface area contributed by atoms with Crippen molar-refractivity contribution >= 4 is 10.9 Å². The molecule has 0 aliphatic carbocycles. The van der Waals surface area contributed by atoms with Gasteiger partial charge in [0.05, 0.1) is 5.52 Å². The van der Waals surface area contributed by atoms with Gasteiger partial charge in [-0.2, -0.15) is 0 Å². The molecule has 0 radical (unpaired) electrons. The summed E-state index contributed by atoms with van der Waals surface area (Å²) in [7, 11) is 2.04. The molecule has 0 atom stereocenters. The Morgan fingerprint density at radius 3 is 2.53 bits per heavy atom. The summed E-state index contributed by atoms with van der Waals surface area (Å²) in [5, 5.41) is 1.13. The zero-order valence-corrected chi connectivity index (χ0v) is 11.5. The molecule has 102 valence electrons. The van der Waals surface area contributed by atoms with Crippen LogP contribution in [-0.2, 0) is 13.6 Å².